The molecule has 1 aromatic heterocycles. The van der Waals surface area contributed by atoms with Crippen LogP contribution in [0.3, 0.4) is 0 Å². The van der Waals surface area contributed by atoms with E-state index >= 15 is 0 Å². The molecule has 162 valence electrons. The first-order valence-corrected chi connectivity index (χ1v) is 9.31. The molecule has 0 aliphatic carbocycles. The number of hydrogen-bond acceptors (Lipinski definition) is 6. The number of benzene rings is 2. The number of methoxy groups -OCH3 is 1. The Labute approximate surface area is 175 Å². The van der Waals surface area contributed by atoms with Crippen molar-refractivity contribution in [3.8, 4) is 17.1 Å². The van der Waals surface area contributed by atoms with Crippen molar-refractivity contribution < 1.29 is 32.7 Å². The van der Waals surface area contributed by atoms with Crippen LogP contribution in [0.25, 0.3) is 11.4 Å². The molecule has 0 aliphatic heterocycles. The molecule has 0 bridgehead atoms. The molecule has 0 fully saturated rings. The Hall–Kier alpha value is -3.82. The maximum atomic E-state index is 13.9. The monoisotopic (exact) mass is 431 g/mol. The molecule has 1 heterocycles. The predicted octanol–water partition coefficient (Wildman–Crippen LogP) is 3.29. The molecule has 31 heavy (non-hydrogen) atoms. The van der Waals surface area contributed by atoms with E-state index in [2.05, 4.69) is 15.5 Å². The maximum absolute atomic E-state index is 13.9. The second-order valence-electron chi connectivity index (χ2n) is 6.60. The molecule has 0 saturated heterocycles. The van der Waals surface area contributed by atoms with Crippen LogP contribution in [0.2, 0.25) is 0 Å². The standard InChI is InChI=1S/C21H19F2N3O5/c1-30-14-8-5-12(6-9-14)20-25-18(31-26-20)4-2-3-17(27)24-19(21(28)29)15-11-13(22)7-10-16(15)23/h5-11,19H,2-4H2,1H3,(H,24,27)(H,28,29)/t19-/m0/s1. The highest BCUT2D eigenvalue weighted by Gasteiger charge is 2.25. The molecule has 0 unspecified atom stereocenters. The molecule has 8 nitrogen and oxygen atoms in total. The lowest BCUT2D eigenvalue weighted by molar-refractivity contribution is -0.142. The van der Waals surface area contributed by atoms with Crippen molar-refractivity contribution in [1.29, 1.82) is 0 Å². The van der Waals surface area contributed by atoms with Crippen LogP contribution in [0.15, 0.2) is 47.0 Å². The minimum absolute atomic E-state index is 0.0685. The van der Waals surface area contributed by atoms with Gasteiger partial charge in [0.05, 0.1) is 7.11 Å². The second-order valence-corrected chi connectivity index (χ2v) is 6.60. The highest BCUT2D eigenvalue weighted by atomic mass is 19.1. The van der Waals surface area contributed by atoms with Crippen LogP contribution in [-0.2, 0) is 16.0 Å². The van der Waals surface area contributed by atoms with E-state index in [4.69, 9.17) is 9.26 Å². The van der Waals surface area contributed by atoms with Crippen LogP contribution < -0.4 is 10.1 Å². The molecule has 0 radical (unpaired) electrons. The van der Waals surface area contributed by atoms with Gasteiger partial charge in [-0.15, -0.1) is 0 Å². The zero-order valence-electron chi connectivity index (χ0n) is 16.5. The minimum Gasteiger partial charge on any atom is -0.497 e. The first-order chi connectivity index (χ1) is 14.9. The van der Waals surface area contributed by atoms with Gasteiger partial charge in [-0.05, 0) is 48.9 Å². The zero-order valence-corrected chi connectivity index (χ0v) is 16.5. The summed E-state index contributed by atoms with van der Waals surface area (Å²) in [5.41, 5.74) is 0.275. The zero-order chi connectivity index (χ0) is 22.4. The summed E-state index contributed by atoms with van der Waals surface area (Å²) in [6.45, 7) is 0. The lowest BCUT2D eigenvalue weighted by Crippen LogP contribution is -2.34. The molecule has 2 aromatic carbocycles. The number of aryl methyl sites for hydroxylation is 1. The van der Waals surface area contributed by atoms with E-state index in [1.54, 1.807) is 31.4 Å². The van der Waals surface area contributed by atoms with Crippen LogP contribution in [0, 0.1) is 11.6 Å². The second kappa shape index (κ2) is 9.79. The average Bonchev–Trinajstić information content (AvgIpc) is 3.22. The van der Waals surface area contributed by atoms with E-state index in [-0.39, 0.29) is 19.3 Å². The lowest BCUT2D eigenvalue weighted by atomic mass is 10.1. The summed E-state index contributed by atoms with van der Waals surface area (Å²) >= 11 is 0. The SMILES string of the molecule is COc1ccc(-c2noc(CCCC(=O)N[C@H](C(=O)O)c3cc(F)ccc3F)n2)cc1. The molecule has 0 spiro atoms. The van der Waals surface area contributed by atoms with E-state index in [9.17, 15) is 23.5 Å². The number of aromatic nitrogens is 2. The number of ether oxygens (including phenoxy) is 1. The normalized spacial score (nSPS) is 11.7. The average molecular weight is 431 g/mol. The quantitative estimate of drug-likeness (QED) is 0.534. The summed E-state index contributed by atoms with van der Waals surface area (Å²) < 4.78 is 37.5. The van der Waals surface area contributed by atoms with Crippen LogP contribution in [0.5, 0.6) is 5.75 Å². The van der Waals surface area contributed by atoms with E-state index < -0.39 is 35.1 Å². The van der Waals surface area contributed by atoms with E-state index in [1.807, 2.05) is 0 Å². The fourth-order valence-corrected chi connectivity index (χ4v) is 2.86. The number of carboxylic acids is 1. The lowest BCUT2D eigenvalue weighted by Gasteiger charge is -2.15. The maximum Gasteiger partial charge on any atom is 0.331 e. The Morgan fingerprint density at radius 1 is 1.19 bits per heavy atom. The summed E-state index contributed by atoms with van der Waals surface area (Å²) in [7, 11) is 1.56. The molecular weight excluding hydrogens is 412 g/mol. The first-order valence-electron chi connectivity index (χ1n) is 9.31. The number of aliphatic carboxylic acids is 1. The molecule has 1 atom stereocenters. The predicted molar refractivity (Wildman–Crippen MR) is 104 cm³/mol. The topological polar surface area (TPSA) is 115 Å². The fraction of sp³-hybridized carbons (Fsp3) is 0.238. The number of rotatable bonds is 9. The van der Waals surface area contributed by atoms with Gasteiger partial charge in [0.15, 0.2) is 6.04 Å². The van der Waals surface area contributed by atoms with Crippen molar-refractivity contribution in [1.82, 2.24) is 15.5 Å². The van der Waals surface area contributed by atoms with Gasteiger partial charge in [-0.3, -0.25) is 4.79 Å². The first kappa shape index (κ1) is 21.9. The van der Waals surface area contributed by atoms with Gasteiger partial charge in [0.2, 0.25) is 17.6 Å². The molecular formula is C21H19F2N3O5. The van der Waals surface area contributed by atoms with E-state index in [0.717, 1.165) is 23.8 Å². The molecule has 10 heteroatoms. The number of nitrogens with one attached hydrogen (secondary N) is 1. The summed E-state index contributed by atoms with van der Waals surface area (Å²) in [6.07, 6.45) is 0.498. The van der Waals surface area contributed by atoms with Gasteiger partial charge in [-0.25, -0.2) is 13.6 Å². The number of nitrogens with zero attached hydrogens (tertiary/aromatic N) is 2. The number of halogens is 2. The van der Waals surface area contributed by atoms with Crippen molar-refractivity contribution in [2.45, 2.75) is 25.3 Å². The van der Waals surface area contributed by atoms with Crippen LogP contribution in [0.4, 0.5) is 8.78 Å². The molecule has 3 aromatic rings. The Bertz CT molecular complexity index is 1070. The van der Waals surface area contributed by atoms with Crippen LogP contribution in [-0.4, -0.2) is 34.2 Å². The molecule has 0 saturated carbocycles. The molecule has 1 amide bonds. The van der Waals surface area contributed by atoms with Crippen molar-refractivity contribution >= 4 is 11.9 Å². The largest absolute Gasteiger partial charge is 0.497 e. The van der Waals surface area contributed by atoms with E-state index in [0.29, 0.717) is 17.5 Å². The number of carbonyl (C=O) groups excluding carboxylic acids is 1. The Balaban J connectivity index is 1.55. The summed E-state index contributed by atoms with van der Waals surface area (Å²) in [5, 5.41) is 15.4. The third-order valence-electron chi connectivity index (χ3n) is 4.43. The van der Waals surface area contributed by atoms with Crippen LogP contribution >= 0.6 is 0 Å². The molecule has 3 rings (SSSR count). The third kappa shape index (κ3) is 5.62. The van der Waals surface area contributed by atoms with Crippen molar-refractivity contribution in [3.63, 3.8) is 0 Å². The van der Waals surface area contributed by atoms with Gasteiger partial charge in [0.25, 0.3) is 0 Å². The van der Waals surface area contributed by atoms with Gasteiger partial charge in [0.1, 0.15) is 17.4 Å². The van der Waals surface area contributed by atoms with Crippen molar-refractivity contribution in [2.24, 2.45) is 0 Å². The summed E-state index contributed by atoms with van der Waals surface area (Å²) in [5.74, 6) is -2.48. The third-order valence-corrected chi connectivity index (χ3v) is 4.43. The smallest absolute Gasteiger partial charge is 0.331 e. The number of carbonyl (C=O) groups is 2. The summed E-state index contributed by atoms with van der Waals surface area (Å²) in [6, 6.07) is 7.79. The number of amides is 1. The van der Waals surface area contributed by atoms with Gasteiger partial charge in [-0.1, -0.05) is 5.16 Å². The van der Waals surface area contributed by atoms with Gasteiger partial charge < -0.3 is 19.7 Å². The highest BCUT2D eigenvalue weighted by molar-refractivity contribution is 5.84. The highest BCUT2D eigenvalue weighted by Crippen LogP contribution is 2.21. The van der Waals surface area contributed by atoms with Gasteiger partial charge in [0, 0.05) is 24.0 Å². The Morgan fingerprint density at radius 3 is 2.61 bits per heavy atom. The molecule has 0 aliphatic rings. The Kier molecular flexibility index (Phi) is 6.91. The van der Waals surface area contributed by atoms with Crippen molar-refractivity contribution in [2.75, 3.05) is 7.11 Å². The van der Waals surface area contributed by atoms with Gasteiger partial charge in [-0.2, -0.15) is 4.98 Å². The van der Waals surface area contributed by atoms with Gasteiger partial charge >= 0.3 is 5.97 Å². The summed E-state index contributed by atoms with van der Waals surface area (Å²) in [4.78, 5) is 27.8. The fourth-order valence-electron chi connectivity index (χ4n) is 2.86. The van der Waals surface area contributed by atoms with Crippen LogP contribution in [0.1, 0.15) is 30.3 Å². The number of hydrogen-bond donors (Lipinski definition) is 2. The van der Waals surface area contributed by atoms with E-state index in [1.165, 1.54) is 0 Å². The number of carboxylic acid groups (broad SMARTS) is 1. The Morgan fingerprint density at radius 2 is 1.94 bits per heavy atom. The van der Waals surface area contributed by atoms with Crippen molar-refractivity contribution in [3.05, 3.63) is 65.6 Å². The minimum atomic E-state index is -1.70. The molecule has 2 N–H and O–H groups in total.